The molecule has 0 aliphatic heterocycles. The van der Waals surface area contributed by atoms with Crippen LogP contribution in [-0.2, 0) is 6.42 Å². The lowest BCUT2D eigenvalue weighted by Gasteiger charge is -2.13. The van der Waals surface area contributed by atoms with Crippen molar-refractivity contribution in [3.8, 4) is 11.5 Å². The van der Waals surface area contributed by atoms with E-state index in [1.807, 2.05) is 30.3 Å². The number of benzene rings is 2. The molecular weight excluding hydrogens is 282 g/mol. The fraction of sp³-hybridized carbons (Fsp3) is 0.333. The molecule has 0 saturated carbocycles. The summed E-state index contributed by atoms with van der Waals surface area (Å²) in [6.45, 7) is 7.32. The zero-order valence-corrected chi connectivity index (χ0v) is 13.6. The van der Waals surface area contributed by atoms with Crippen LogP contribution in [-0.4, -0.2) is 6.54 Å². The first kappa shape index (κ1) is 15.9. The topological polar surface area (TPSA) is 21.3 Å². The van der Waals surface area contributed by atoms with E-state index in [1.54, 1.807) is 0 Å². The zero-order chi connectivity index (χ0) is 15.2. The van der Waals surface area contributed by atoms with Gasteiger partial charge in [0.05, 0.1) is 0 Å². The Morgan fingerprint density at radius 2 is 1.71 bits per heavy atom. The molecule has 2 aromatic rings. The van der Waals surface area contributed by atoms with Gasteiger partial charge in [-0.1, -0.05) is 37.6 Å². The maximum Gasteiger partial charge on any atom is 0.127 e. The number of hydrogen-bond donors (Lipinski definition) is 1. The first-order valence-electron chi connectivity index (χ1n) is 7.43. The molecule has 0 bridgehead atoms. The fourth-order valence-corrected chi connectivity index (χ4v) is 2.52. The third-order valence-electron chi connectivity index (χ3n) is 3.52. The number of rotatable bonds is 6. The molecule has 2 rings (SSSR count). The summed E-state index contributed by atoms with van der Waals surface area (Å²) in [4.78, 5) is 0. The highest BCUT2D eigenvalue weighted by atomic mass is 35.5. The molecule has 2 aromatic carbocycles. The Hall–Kier alpha value is -1.51. The van der Waals surface area contributed by atoms with Crippen molar-refractivity contribution in [1.82, 2.24) is 5.32 Å². The largest absolute Gasteiger partial charge is 0.457 e. The summed E-state index contributed by atoms with van der Waals surface area (Å²) in [5.74, 6) is 1.66. The lowest BCUT2D eigenvalue weighted by Crippen LogP contribution is -2.17. The van der Waals surface area contributed by atoms with Crippen molar-refractivity contribution in [2.75, 3.05) is 6.54 Å². The number of aryl methyl sites for hydroxylation is 1. The van der Waals surface area contributed by atoms with Crippen LogP contribution in [0.15, 0.2) is 42.5 Å². The average molecular weight is 304 g/mol. The zero-order valence-electron chi connectivity index (χ0n) is 12.8. The second-order valence-corrected chi connectivity index (χ2v) is 5.46. The Balaban J connectivity index is 2.09. The summed E-state index contributed by atoms with van der Waals surface area (Å²) in [7, 11) is 0. The molecule has 0 aliphatic rings. The SMILES string of the molecule is CCNC(C)c1ccc(Oc2ccc(Cl)c(CC)c2)cc1. The van der Waals surface area contributed by atoms with Crippen LogP contribution in [0.25, 0.3) is 0 Å². The van der Waals surface area contributed by atoms with E-state index < -0.39 is 0 Å². The molecule has 0 radical (unpaired) electrons. The number of halogens is 1. The lowest BCUT2D eigenvalue weighted by molar-refractivity contribution is 0.481. The van der Waals surface area contributed by atoms with Crippen LogP contribution >= 0.6 is 11.6 Å². The number of ether oxygens (including phenoxy) is 1. The molecule has 0 heterocycles. The highest BCUT2D eigenvalue weighted by Gasteiger charge is 2.05. The van der Waals surface area contributed by atoms with Gasteiger partial charge in [0.2, 0.25) is 0 Å². The Bertz CT molecular complexity index is 580. The third-order valence-corrected chi connectivity index (χ3v) is 3.89. The molecule has 1 unspecified atom stereocenters. The minimum absolute atomic E-state index is 0.353. The molecule has 0 amide bonds. The second kappa shape index (κ2) is 7.48. The molecule has 2 nitrogen and oxygen atoms in total. The van der Waals surface area contributed by atoms with E-state index in [0.29, 0.717) is 6.04 Å². The highest BCUT2D eigenvalue weighted by Crippen LogP contribution is 2.27. The van der Waals surface area contributed by atoms with Gasteiger partial charge >= 0.3 is 0 Å². The van der Waals surface area contributed by atoms with Crippen LogP contribution in [0, 0.1) is 0 Å². The minimum Gasteiger partial charge on any atom is -0.457 e. The first-order valence-corrected chi connectivity index (χ1v) is 7.81. The van der Waals surface area contributed by atoms with Gasteiger partial charge in [0, 0.05) is 11.1 Å². The smallest absolute Gasteiger partial charge is 0.127 e. The van der Waals surface area contributed by atoms with Crippen molar-refractivity contribution in [3.05, 3.63) is 58.6 Å². The van der Waals surface area contributed by atoms with E-state index >= 15 is 0 Å². The molecule has 0 fully saturated rings. The maximum absolute atomic E-state index is 6.12. The van der Waals surface area contributed by atoms with Crippen LogP contribution in [0.1, 0.15) is 37.9 Å². The van der Waals surface area contributed by atoms with Gasteiger partial charge in [0.15, 0.2) is 0 Å². The van der Waals surface area contributed by atoms with Crippen molar-refractivity contribution in [2.45, 2.75) is 33.2 Å². The molecule has 0 aromatic heterocycles. The summed E-state index contributed by atoms with van der Waals surface area (Å²) in [6, 6.07) is 14.3. The van der Waals surface area contributed by atoms with Crippen molar-refractivity contribution in [3.63, 3.8) is 0 Å². The van der Waals surface area contributed by atoms with Crippen molar-refractivity contribution in [2.24, 2.45) is 0 Å². The van der Waals surface area contributed by atoms with Crippen LogP contribution in [0.5, 0.6) is 11.5 Å². The molecule has 0 spiro atoms. The van der Waals surface area contributed by atoms with Crippen LogP contribution in [0.3, 0.4) is 0 Å². The van der Waals surface area contributed by atoms with Crippen molar-refractivity contribution in [1.29, 1.82) is 0 Å². The second-order valence-electron chi connectivity index (χ2n) is 5.06. The van der Waals surface area contributed by atoms with Crippen molar-refractivity contribution >= 4 is 11.6 Å². The monoisotopic (exact) mass is 303 g/mol. The molecule has 0 aliphatic carbocycles. The molecule has 112 valence electrons. The first-order chi connectivity index (χ1) is 10.1. The van der Waals surface area contributed by atoms with Gasteiger partial charge in [-0.3, -0.25) is 0 Å². The standard InChI is InChI=1S/C18H22ClNO/c1-4-14-12-17(10-11-18(14)19)21-16-8-6-15(7-9-16)13(3)20-5-2/h6-13,20H,4-5H2,1-3H3. The molecule has 1 N–H and O–H groups in total. The van der Waals surface area contributed by atoms with E-state index in [4.69, 9.17) is 16.3 Å². The summed E-state index contributed by atoms with van der Waals surface area (Å²) in [5.41, 5.74) is 2.36. The average Bonchev–Trinajstić information content (AvgIpc) is 2.50. The van der Waals surface area contributed by atoms with Gasteiger partial charge in [-0.15, -0.1) is 0 Å². The lowest BCUT2D eigenvalue weighted by atomic mass is 10.1. The predicted octanol–water partition coefficient (Wildman–Crippen LogP) is 5.37. The Labute approximate surface area is 132 Å². The minimum atomic E-state index is 0.353. The Kier molecular flexibility index (Phi) is 5.66. The summed E-state index contributed by atoms with van der Waals surface area (Å²) in [5, 5.41) is 4.19. The summed E-state index contributed by atoms with van der Waals surface area (Å²) in [6.07, 6.45) is 0.898. The van der Waals surface area contributed by atoms with Gasteiger partial charge in [0.1, 0.15) is 11.5 Å². The molecule has 0 saturated heterocycles. The molecule has 3 heteroatoms. The van der Waals surface area contributed by atoms with Gasteiger partial charge < -0.3 is 10.1 Å². The quantitative estimate of drug-likeness (QED) is 0.775. The third kappa shape index (κ3) is 4.23. The van der Waals surface area contributed by atoms with E-state index in [2.05, 4.69) is 38.2 Å². The van der Waals surface area contributed by atoms with Crippen molar-refractivity contribution < 1.29 is 4.74 Å². The molecular formula is C18H22ClNO. The van der Waals surface area contributed by atoms with Gasteiger partial charge in [-0.2, -0.15) is 0 Å². The molecule has 1 atom stereocenters. The van der Waals surface area contributed by atoms with Gasteiger partial charge in [0.25, 0.3) is 0 Å². The summed E-state index contributed by atoms with van der Waals surface area (Å²) >= 11 is 6.12. The number of hydrogen-bond acceptors (Lipinski definition) is 2. The van der Waals surface area contributed by atoms with E-state index in [1.165, 1.54) is 5.56 Å². The van der Waals surface area contributed by atoms with Crippen LogP contribution in [0.4, 0.5) is 0 Å². The van der Waals surface area contributed by atoms with E-state index in [0.717, 1.165) is 35.1 Å². The van der Waals surface area contributed by atoms with Gasteiger partial charge in [-0.25, -0.2) is 0 Å². The molecule has 21 heavy (non-hydrogen) atoms. The van der Waals surface area contributed by atoms with E-state index in [-0.39, 0.29) is 0 Å². The fourth-order valence-electron chi connectivity index (χ4n) is 2.27. The van der Waals surface area contributed by atoms with Gasteiger partial charge in [-0.05, 0) is 61.3 Å². The highest BCUT2D eigenvalue weighted by molar-refractivity contribution is 6.31. The normalized spacial score (nSPS) is 12.2. The van der Waals surface area contributed by atoms with Crippen LogP contribution < -0.4 is 10.1 Å². The number of nitrogens with one attached hydrogen (secondary N) is 1. The maximum atomic E-state index is 6.12. The predicted molar refractivity (Wildman–Crippen MR) is 89.4 cm³/mol. The summed E-state index contributed by atoms with van der Waals surface area (Å²) < 4.78 is 5.89. The Morgan fingerprint density at radius 1 is 1.05 bits per heavy atom. The van der Waals surface area contributed by atoms with E-state index in [9.17, 15) is 0 Å². The van der Waals surface area contributed by atoms with Crippen LogP contribution in [0.2, 0.25) is 5.02 Å². The Morgan fingerprint density at radius 3 is 2.33 bits per heavy atom.